The van der Waals surface area contributed by atoms with Gasteiger partial charge in [-0.3, -0.25) is 19.0 Å². The third kappa shape index (κ3) is 14.4. The maximum absolute atomic E-state index is 13.8. The van der Waals surface area contributed by atoms with Crippen LogP contribution in [0, 0.1) is 0 Å². The first-order valence-electron chi connectivity index (χ1n) is 31.5. The Morgan fingerprint density at radius 3 is 1.37 bits per heavy atom. The lowest BCUT2D eigenvalue weighted by Gasteiger charge is -2.15. The minimum Gasteiger partial charge on any atom is -0.505 e. The van der Waals surface area contributed by atoms with Crippen molar-refractivity contribution in [1.82, 2.24) is 13.7 Å². The van der Waals surface area contributed by atoms with Gasteiger partial charge in [0.1, 0.15) is 42.3 Å². The van der Waals surface area contributed by atoms with E-state index in [0.29, 0.717) is 82.0 Å². The molecule has 15 rings (SSSR count). The highest BCUT2D eigenvalue weighted by atomic mass is 35.5. The first kappa shape index (κ1) is 71.2. The van der Waals surface area contributed by atoms with Crippen LogP contribution in [0.4, 0.5) is 13.2 Å². The maximum atomic E-state index is 13.8. The fourth-order valence-corrected chi connectivity index (χ4v) is 14.5. The van der Waals surface area contributed by atoms with Gasteiger partial charge in [0.25, 0.3) is 16.7 Å². The van der Waals surface area contributed by atoms with E-state index in [2.05, 4.69) is 0 Å². The third-order valence-corrected chi connectivity index (χ3v) is 20.1. The van der Waals surface area contributed by atoms with Crippen LogP contribution in [0.3, 0.4) is 0 Å². The van der Waals surface area contributed by atoms with Crippen molar-refractivity contribution < 1.29 is 60.7 Å². The molecular weight excluding hydrogens is 1440 g/mol. The van der Waals surface area contributed by atoms with E-state index in [1.807, 2.05) is 60.7 Å². The highest BCUT2D eigenvalue weighted by Gasteiger charge is 2.32. The molecule has 6 aromatic heterocycles. The zero-order chi connectivity index (χ0) is 74.0. The molecule has 0 saturated heterocycles. The number of esters is 1. The predicted molar refractivity (Wildman–Crippen MR) is 396 cm³/mol. The molecule has 0 unspecified atom stereocenters. The number of hydrogen-bond acceptors (Lipinski definition) is 19. The van der Waals surface area contributed by atoms with Crippen LogP contribution in [0.1, 0.15) is 27.0 Å². The number of rotatable bonds is 14. The molecule has 19 nitrogen and oxygen atoms in total. The largest absolute Gasteiger partial charge is 0.505 e. The fourth-order valence-electron chi connectivity index (χ4n) is 11.7. The second kappa shape index (κ2) is 30.0. The van der Waals surface area contributed by atoms with Crippen molar-refractivity contribution in [2.45, 2.75) is 48.6 Å². The lowest BCUT2D eigenvalue weighted by molar-refractivity contribution is -0.137. The van der Waals surface area contributed by atoms with Crippen LogP contribution in [-0.4, -0.2) is 56.3 Å². The minimum absolute atomic E-state index is 0.0170. The number of halogens is 4. The van der Waals surface area contributed by atoms with E-state index < -0.39 is 68.5 Å². The molecule has 526 valence electrons. The number of para-hydroxylation sites is 2. The molecule has 26 heteroatoms. The van der Waals surface area contributed by atoms with Gasteiger partial charge < -0.3 is 51.9 Å². The Labute approximate surface area is 607 Å². The standard InChI is InChI=1S/C27H19NO6S.C26H18ClNO6S.C26H16F3NO4S/c1-33-26(31)17-10-7-11-18(14-17)35-24-22(29)21-23(34-27(24)32)19-12-5-6-13-20(19)28(25(21)30)15-16-8-3-2-4-9-16;1-32-16-7-5-15(6-8-16)28-20-12-9-17(33-2)13-19(20)23-21(25(28)30)22(29)24(26(31)34-23)35-18-10-3-14(27)4-11-18;27-26(28,29)16-9-6-10-17(13-16)35-23-21(31)20-22(34-25(23)33)18-11-4-5-12-19(18)30(24(20)32)14-15-7-2-1-3-8-15/h2-14,29H,15H2,1H3;3-13,29H,1-2H3;1-13,31H,14H2. The number of carbonyl (C=O) groups is 1. The molecule has 0 spiro atoms. The van der Waals surface area contributed by atoms with Gasteiger partial charge in [-0.15, -0.1) is 0 Å². The molecular formula is C79H53ClF3N3O16S3. The van der Waals surface area contributed by atoms with Crippen LogP contribution < -0.4 is 43.0 Å². The van der Waals surface area contributed by atoms with Crippen molar-refractivity contribution in [3.63, 3.8) is 0 Å². The van der Waals surface area contributed by atoms with Crippen LogP contribution in [0.15, 0.2) is 296 Å². The Morgan fingerprint density at radius 2 is 0.886 bits per heavy atom. The zero-order valence-electron chi connectivity index (χ0n) is 55.0. The van der Waals surface area contributed by atoms with Crippen LogP contribution >= 0.6 is 46.9 Å². The van der Waals surface area contributed by atoms with Gasteiger partial charge in [-0.05, 0) is 139 Å². The topological polar surface area (TPSA) is 262 Å². The summed E-state index contributed by atoms with van der Waals surface area (Å²) in [6, 6.07) is 62.1. The summed E-state index contributed by atoms with van der Waals surface area (Å²) in [4.78, 5) is 92.1. The van der Waals surface area contributed by atoms with Crippen LogP contribution in [0.25, 0.3) is 71.3 Å². The van der Waals surface area contributed by atoms with E-state index in [4.69, 9.17) is 39.1 Å². The molecule has 0 fully saturated rings. The SMILES string of the molecule is COC(=O)c1cccc(Sc2c(O)c3c(=O)n(Cc4ccccc4)c4ccccc4c3oc2=O)c1.COc1ccc(-n2c(=O)c3c(O)c(Sc4ccc(Cl)cc4)c(=O)oc3c3cc(OC)ccc32)cc1.O=c1oc2c(c(O)c1Sc1cccc(C(F)(F)F)c1)c(=O)n(Cc1ccccc1)c1ccccc21. The number of aromatic hydroxyl groups is 3. The Kier molecular flexibility index (Phi) is 20.4. The molecule has 0 aliphatic heterocycles. The Morgan fingerprint density at radius 1 is 0.448 bits per heavy atom. The second-order valence-corrected chi connectivity index (χ2v) is 26.8. The highest BCUT2D eigenvalue weighted by molar-refractivity contribution is 8.00. The minimum atomic E-state index is -4.57. The van der Waals surface area contributed by atoms with Gasteiger partial charge in [0.05, 0.1) is 62.1 Å². The molecule has 3 N–H and O–H groups in total. The molecule has 9 aromatic carbocycles. The van der Waals surface area contributed by atoms with E-state index in [1.54, 1.807) is 145 Å². The predicted octanol–water partition coefficient (Wildman–Crippen LogP) is 16.5. The number of fused-ring (bicyclic) bond motifs is 9. The van der Waals surface area contributed by atoms with Gasteiger partial charge in [-0.1, -0.05) is 144 Å². The van der Waals surface area contributed by atoms with Crippen molar-refractivity contribution in [1.29, 1.82) is 0 Å². The number of aromatic nitrogens is 3. The quantitative estimate of drug-likeness (QED) is 0.0675. The van der Waals surface area contributed by atoms with Gasteiger partial charge in [-0.25, -0.2) is 19.2 Å². The number of nitrogens with zero attached hydrogens (tertiary/aromatic N) is 3. The number of carbonyl (C=O) groups excluding carboxylic acids is 1. The summed E-state index contributed by atoms with van der Waals surface area (Å²) in [6.45, 7) is 0.475. The smallest absolute Gasteiger partial charge is 0.416 e. The molecule has 0 aliphatic rings. The molecule has 0 bridgehead atoms. The number of hydrogen-bond donors (Lipinski definition) is 3. The summed E-state index contributed by atoms with van der Waals surface area (Å²) < 4.78 is 75.9. The summed E-state index contributed by atoms with van der Waals surface area (Å²) in [5.74, 6) is -0.936. The Hall–Kier alpha value is -12.2. The molecule has 0 aliphatic carbocycles. The molecule has 0 radical (unpaired) electrons. The van der Waals surface area contributed by atoms with Crippen molar-refractivity contribution in [2.75, 3.05) is 21.3 Å². The van der Waals surface area contributed by atoms with Gasteiger partial charge in [0.15, 0.2) is 34.0 Å². The lowest BCUT2D eigenvalue weighted by Crippen LogP contribution is -2.22. The van der Waals surface area contributed by atoms with Gasteiger partial charge in [0.2, 0.25) is 0 Å². The van der Waals surface area contributed by atoms with E-state index in [9.17, 15) is 62.1 Å². The molecule has 0 saturated carbocycles. The van der Waals surface area contributed by atoms with Gasteiger partial charge in [-0.2, -0.15) is 13.2 Å². The average molecular weight is 1490 g/mol. The summed E-state index contributed by atoms with van der Waals surface area (Å²) in [7, 11) is 4.34. The van der Waals surface area contributed by atoms with Crippen molar-refractivity contribution >= 4 is 118 Å². The van der Waals surface area contributed by atoms with E-state index in [-0.39, 0.29) is 65.6 Å². The zero-order valence-corrected chi connectivity index (χ0v) is 58.2. The number of benzene rings is 9. The number of pyridine rings is 3. The fraction of sp³-hybridized carbons (Fsp3) is 0.0759. The summed E-state index contributed by atoms with van der Waals surface area (Å²) >= 11 is 8.45. The molecule has 15 aromatic rings. The van der Waals surface area contributed by atoms with Gasteiger partial charge in [0, 0.05) is 41.6 Å². The first-order chi connectivity index (χ1) is 50.6. The van der Waals surface area contributed by atoms with Crippen molar-refractivity contribution in [3.8, 4) is 34.4 Å². The number of alkyl halides is 3. The first-order valence-corrected chi connectivity index (χ1v) is 34.4. The lowest BCUT2D eigenvalue weighted by atomic mass is 10.1. The molecule has 0 amide bonds. The van der Waals surface area contributed by atoms with E-state index >= 15 is 0 Å². The van der Waals surface area contributed by atoms with Crippen LogP contribution in [0.5, 0.6) is 28.7 Å². The van der Waals surface area contributed by atoms with Crippen LogP contribution in [0.2, 0.25) is 5.02 Å². The Balaban J connectivity index is 0.000000140. The molecule has 0 atom stereocenters. The van der Waals surface area contributed by atoms with Crippen LogP contribution in [-0.2, 0) is 24.0 Å². The van der Waals surface area contributed by atoms with Crippen molar-refractivity contribution in [2.24, 2.45) is 0 Å². The summed E-state index contributed by atoms with van der Waals surface area (Å²) in [5, 5.41) is 34.9. The number of ether oxygens (including phenoxy) is 3. The number of methoxy groups -OCH3 is 3. The third-order valence-electron chi connectivity index (χ3n) is 16.7. The van der Waals surface area contributed by atoms with E-state index in [0.717, 1.165) is 46.8 Å². The molecule has 105 heavy (non-hydrogen) atoms. The summed E-state index contributed by atoms with van der Waals surface area (Å²) in [6.07, 6.45) is -4.57. The van der Waals surface area contributed by atoms with Crippen molar-refractivity contribution in [3.05, 3.63) is 314 Å². The summed E-state index contributed by atoms with van der Waals surface area (Å²) in [5.41, 5.74) is -0.909. The van der Waals surface area contributed by atoms with E-state index in [1.165, 1.54) is 41.6 Å². The monoisotopic (exact) mass is 1490 g/mol. The average Bonchev–Trinajstić information content (AvgIpc) is 0.741. The maximum Gasteiger partial charge on any atom is 0.416 e. The van der Waals surface area contributed by atoms with Gasteiger partial charge >= 0.3 is 29.0 Å². The normalized spacial score (nSPS) is 11.4. The Bertz CT molecular complexity index is 6310. The highest BCUT2D eigenvalue weighted by Crippen LogP contribution is 2.43. The molecule has 6 heterocycles. The second-order valence-electron chi connectivity index (χ2n) is 23.1.